The van der Waals surface area contributed by atoms with Gasteiger partial charge < -0.3 is 10.6 Å². The molecule has 2 unspecified atom stereocenters. The zero-order valence-corrected chi connectivity index (χ0v) is 11.5. The van der Waals surface area contributed by atoms with Crippen LogP contribution in [0.2, 0.25) is 0 Å². The summed E-state index contributed by atoms with van der Waals surface area (Å²) in [5, 5.41) is 6.66. The Morgan fingerprint density at radius 2 is 1.44 bits per heavy atom. The summed E-state index contributed by atoms with van der Waals surface area (Å²) in [6.07, 6.45) is 10.0. The van der Waals surface area contributed by atoms with Crippen LogP contribution in [-0.4, -0.2) is 25.0 Å². The molecule has 0 heterocycles. The molecule has 3 nitrogen and oxygen atoms in total. The molecule has 102 valence electrons. The molecular weight excluding hydrogens is 224 g/mol. The summed E-state index contributed by atoms with van der Waals surface area (Å²) in [6.45, 7) is 0. The minimum atomic E-state index is 0.375. The van der Waals surface area contributed by atoms with Gasteiger partial charge in [0.15, 0.2) is 0 Å². The SMILES string of the molecule is CNC1CCC(NC(=O)C2C3CCCCC32)CC1. The summed E-state index contributed by atoms with van der Waals surface area (Å²) in [6, 6.07) is 1.12. The molecule has 0 bridgehead atoms. The predicted octanol–water partition coefficient (Wildman–Crippen LogP) is 2.07. The second-order valence-electron chi connectivity index (χ2n) is 6.48. The molecule has 3 saturated carbocycles. The van der Waals surface area contributed by atoms with Crippen molar-refractivity contribution in [2.24, 2.45) is 17.8 Å². The number of hydrogen-bond donors (Lipinski definition) is 2. The Kier molecular flexibility index (Phi) is 3.60. The molecule has 18 heavy (non-hydrogen) atoms. The molecule has 3 aliphatic rings. The van der Waals surface area contributed by atoms with Gasteiger partial charge >= 0.3 is 0 Å². The van der Waals surface area contributed by atoms with E-state index in [4.69, 9.17) is 0 Å². The molecule has 0 radical (unpaired) electrons. The van der Waals surface area contributed by atoms with Crippen LogP contribution in [-0.2, 0) is 4.79 Å². The minimum Gasteiger partial charge on any atom is -0.353 e. The number of amides is 1. The fourth-order valence-corrected chi connectivity index (χ4v) is 4.21. The van der Waals surface area contributed by atoms with Gasteiger partial charge in [-0.2, -0.15) is 0 Å². The van der Waals surface area contributed by atoms with Crippen LogP contribution in [0.1, 0.15) is 51.4 Å². The number of hydrogen-bond acceptors (Lipinski definition) is 2. The largest absolute Gasteiger partial charge is 0.353 e. The van der Waals surface area contributed by atoms with Crippen LogP contribution in [0.3, 0.4) is 0 Å². The van der Waals surface area contributed by atoms with Gasteiger partial charge in [-0.05, 0) is 57.4 Å². The molecule has 0 aromatic rings. The zero-order valence-electron chi connectivity index (χ0n) is 11.5. The van der Waals surface area contributed by atoms with Crippen molar-refractivity contribution in [3.63, 3.8) is 0 Å². The summed E-state index contributed by atoms with van der Waals surface area (Å²) in [4.78, 5) is 12.3. The number of rotatable bonds is 3. The van der Waals surface area contributed by atoms with Crippen LogP contribution in [0.5, 0.6) is 0 Å². The first-order chi connectivity index (χ1) is 8.79. The number of nitrogens with one attached hydrogen (secondary N) is 2. The highest BCUT2D eigenvalue weighted by atomic mass is 16.2. The summed E-state index contributed by atoms with van der Waals surface area (Å²) in [5.74, 6) is 2.24. The van der Waals surface area contributed by atoms with E-state index >= 15 is 0 Å². The molecule has 0 aromatic heterocycles. The van der Waals surface area contributed by atoms with Gasteiger partial charge in [0.2, 0.25) is 5.91 Å². The maximum atomic E-state index is 12.3. The Hall–Kier alpha value is -0.570. The van der Waals surface area contributed by atoms with Crippen molar-refractivity contribution in [1.29, 1.82) is 0 Å². The fourth-order valence-electron chi connectivity index (χ4n) is 4.21. The maximum Gasteiger partial charge on any atom is 0.223 e. The summed E-state index contributed by atoms with van der Waals surface area (Å²) in [5.41, 5.74) is 0. The van der Waals surface area contributed by atoms with Crippen molar-refractivity contribution >= 4 is 5.91 Å². The van der Waals surface area contributed by atoms with Crippen molar-refractivity contribution in [2.75, 3.05) is 7.05 Å². The Bertz CT molecular complexity index is 298. The van der Waals surface area contributed by atoms with Crippen LogP contribution in [0, 0.1) is 17.8 Å². The predicted molar refractivity (Wildman–Crippen MR) is 72.2 cm³/mol. The summed E-state index contributed by atoms with van der Waals surface area (Å²) in [7, 11) is 2.04. The number of fused-ring (bicyclic) bond motifs is 1. The van der Waals surface area contributed by atoms with Crippen molar-refractivity contribution in [3.05, 3.63) is 0 Å². The first-order valence-corrected chi connectivity index (χ1v) is 7.77. The summed E-state index contributed by atoms with van der Waals surface area (Å²) >= 11 is 0. The van der Waals surface area contributed by atoms with Gasteiger partial charge in [0, 0.05) is 18.0 Å². The first kappa shape index (κ1) is 12.5. The molecule has 0 aromatic carbocycles. The minimum absolute atomic E-state index is 0.375. The van der Waals surface area contributed by atoms with Crippen molar-refractivity contribution < 1.29 is 4.79 Å². The van der Waals surface area contributed by atoms with Gasteiger partial charge in [-0.25, -0.2) is 0 Å². The molecule has 3 aliphatic carbocycles. The topological polar surface area (TPSA) is 41.1 Å². The molecular formula is C15H26N2O. The van der Waals surface area contributed by atoms with E-state index in [2.05, 4.69) is 10.6 Å². The summed E-state index contributed by atoms with van der Waals surface area (Å²) < 4.78 is 0. The van der Waals surface area contributed by atoms with E-state index in [9.17, 15) is 4.79 Å². The molecule has 2 N–H and O–H groups in total. The number of carbonyl (C=O) groups is 1. The second-order valence-corrected chi connectivity index (χ2v) is 6.48. The number of carbonyl (C=O) groups excluding carboxylic acids is 1. The van der Waals surface area contributed by atoms with Crippen molar-refractivity contribution in [3.8, 4) is 0 Å². The Morgan fingerprint density at radius 3 is 2.00 bits per heavy atom. The quantitative estimate of drug-likeness (QED) is 0.805. The van der Waals surface area contributed by atoms with Crippen LogP contribution in [0.4, 0.5) is 0 Å². The normalized spacial score (nSPS) is 43.1. The van der Waals surface area contributed by atoms with E-state index < -0.39 is 0 Å². The molecule has 3 rings (SSSR count). The zero-order chi connectivity index (χ0) is 12.5. The maximum absolute atomic E-state index is 12.3. The highest BCUT2D eigenvalue weighted by molar-refractivity contribution is 5.82. The molecule has 3 fully saturated rings. The standard InChI is InChI=1S/C15H26N2O/c1-16-10-6-8-11(9-7-10)17-15(18)14-12-4-2-3-5-13(12)14/h10-14,16H,2-9H2,1H3,(H,17,18). The fraction of sp³-hybridized carbons (Fsp3) is 0.933. The molecule has 3 heteroatoms. The molecule has 0 aliphatic heterocycles. The van der Waals surface area contributed by atoms with Crippen molar-refractivity contribution in [1.82, 2.24) is 10.6 Å². The van der Waals surface area contributed by atoms with Gasteiger partial charge in [0.25, 0.3) is 0 Å². The van der Waals surface area contributed by atoms with Crippen LogP contribution in [0.15, 0.2) is 0 Å². The Balaban J connectivity index is 1.45. The third-order valence-electron chi connectivity index (χ3n) is 5.44. The van der Waals surface area contributed by atoms with E-state index in [1.54, 1.807) is 0 Å². The monoisotopic (exact) mass is 250 g/mol. The van der Waals surface area contributed by atoms with Crippen LogP contribution in [0.25, 0.3) is 0 Å². The van der Waals surface area contributed by atoms with Crippen molar-refractivity contribution in [2.45, 2.75) is 63.5 Å². The molecule has 2 atom stereocenters. The lowest BCUT2D eigenvalue weighted by Gasteiger charge is -2.28. The molecule has 1 amide bonds. The average Bonchev–Trinajstić information content (AvgIpc) is 3.14. The van der Waals surface area contributed by atoms with Gasteiger partial charge in [0.1, 0.15) is 0 Å². The highest BCUT2D eigenvalue weighted by Gasteiger charge is 2.54. The van der Waals surface area contributed by atoms with Crippen LogP contribution >= 0.6 is 0 Å². The smallest absolute Gasteiger partial charge is 0.223 e. The van der Waals surface area contributed by atoms with E-state index in [-0.39, 0.29) is 0 Å². The third kappa shape index (κ3) is 2.42. The van der Waals surface area contributed by atoms with Gasteiger partial charge in [-0.15, -0.1) is 0 Å². The third-order valence-corrected chi connectivity index (χ3v) is 5.44. The first-order valence-electron chi connectivity index (χ1n) is 7.77. The van der Waals surface area contributed by atoms with E-state index in [0.29, 0.717) is 23.9 Å². The van der Waals surface area contributed by atoms with Crippen LogP contribution < -0.4 is 10.6 Å². The Labute approximate surface area is 110 Å². The Morgan fingerprint density at radius 1 is 0.889 bits per heavy atom. The lowest BCUT2D eigenvalue weighted by Crippen LogP contribution is -2.42. The highest BCUT2D eigenvalue weighted by Crippen LogP contribution is 2.55. The van der Waals surface area contributed by atoms with E-state index in [0.717, 1.165) is 24.7 Å². The lowest BCUT2D eigenvalue weighted by atomic mass is 9.91. The van der Waals surface area contributed by atoms with Gasteiger partial charge in [-0.3, -0.25) is 4.79 Å². The van der Waals surface area contributed by atoms with E-state index in [1.807, 2.05) is 7.05 Å². The van der Waals surface area contributed by atoms with Gasteiger partial charge in [0.05, 0.1) is 0 Å². The second kappa shape index (κ2) is 5.20. The van der Waals surface area contributed by atoms with Gasteiger partial charge in [-0.1, -0.05) is 12.8 Å². The van der Waals surface area contributed by atoms with E-state index in [1.165, 1.54) is 38.5 Å². The molecule has 0 spiro atoms. The lowest BCUT2D eigenvalue weighted by molar-refractivity contribution is -0.123. The molecule has 0 saturated heterocycles. The average molecular weight is 250 g/mol.